The molecule has 4 nitrogen and oxygen atoms in total. The standard InChI is InChI=1S/C24H24N2O2/c25-15-16-2-1-3-21(11-16)20-4-6-22(7-5-20)26-23(27)28-24-12-17-8-18(13-24)10-19(9-17)14-24/h1-7,11,17-19H,8-10,12-14H2,(H,26,27). The molecule has 0 spiro atoms. The van der Waals surface area contributed by atoms with Crippen molar-refractivity contribution >= 4 is 11.8 Å². The minimum Gasteiger partial charge on any atom is -0.443 e. The van der Waals surface area contributed by atoms with E-state index in [4.69, 9.17) is 10.00 Å². The summed E-state index contributed by atoms with van der Waals surface area (Å²) >= 11 is 0. The van der Waals surface area contributed by atoms with Crippen LogP contribution in [0.5, 0.6) is 0 Å². The van der Waals surface area contributed by atoms with Crippen LogP contribution in [0, 0.1) is 29.1 Å². The van der Waals surface area contributed by atoms with Gasteiger partial charge in [0.15, 0.2) is 0 Å². The molecule has 0 atom stereocenters. The second kappa shape index (κ2) is 6.67. The number of hydrogen-bond donors (Lipinski definition) is 1. The van der Waals surface area contributed by atoms with Gasteiger partial charge in [-0.2, -0.15) is 5.26 Å². The molecule has 0 saturated heterocycles. The molecular formula is C24H24N2O2. The van der Waals surface area contributed by atoms with Crippen LogP contribution >= 0.6 is 0 Å². The zero-order valence-corrected chi connectivity index (χ0v) is 15.9. The number of carbonyl (C=O) groups excluding carboxylic acids is 1. The van der Waals surface area contributed by atoms with Crippen molar-refractivity contribution in [1.29, 1.82) is 5.26 Å². The normalized spacial score (nSPS) is 29.9. The Hall–Kier alpha value is -2.80. The first-order valence-corrected chi connectivity index (χ1v) is 10.2. The van der Waals surface area contributed by atoms with Gasteiger partial charge in [-0.05, 0) is 91.7 Å². The van der Waals surface area contributed by atoms with Crippen molar-refractivity contribution in [2.75, 3.05) is 5.32 Å². The van der Waals surface area contributed by atoms with Crippen molar-refractivity contribution < 1.29 is 9.53 Å². The quantitative estimate of drug-likeness (QED) is 0.747. The minimum atomic E-state index is -0.332. The maximum atomic E-state index is 12.6. The van der Waals surface area contributed by atoms with Gasteiger partial charge in [-0.15, -0.1) is 0 Å². The number of ether oxygens (including phenoxy) is 1. The molecule has 2 aromatic carbocycles. The van der Waals surface area contributed by atoms with Crippen molar-refractivity contribution in [2.24, 2.45) is 17.8 Å². The smallest absolute Gasteiger partial charge is 0.412 e. The first kappa shape index (κ1) is 17.3. The van der Waals surface area contributed by atoms with E-state index >= 15 is 0 Å². The van der Waals surface area contributed by atoms with Gasteiger partial charge in [0, 0.05) is 5.69 Å². The summed E-state index contributed by atoms with van der Waals surface area (Å²) in [6.07, 6.45) is 6.79. The topological polar surface area (TPSA) is 62.1 Å². The van der Waals surface area contributed by atoms with E-state index in [2.05, 4.69) is 11.4 Å². The molecule has 0 heterocycles. The number of nitriles is 1. The SMILES string of the molecule is N#Cc1cccc(-c2ccc(NC(=O)OC34CC5CC(CC(C5)C3)C4)cc2)c1. The van der Waals surface area contributed by atoms with Crippen molar-refractivity contribution in [3.8, 4) is 17.2 Å². The molecule has 0 aromatic heterocycles. The van der Waals surface area contributed by atoms with Crippen LogP contribution in [0.4, 0.5) is 10.5 Å². The number of rotatable bonds is 3. The summed E-state index contributed by atoms with van der Waals surface area (Å²) in [5.41, 5.74) is 3.14. The van der Waals surface area contributed by atoms with Gasteiger partial charge >= 0.3 is 6.09 Å². The number of amides is 1. The molecular weight excluding hydrogens is 348 g/mol. The highest BCUT2D eigenvalue weighted by Gasteiger charge is 2.53. The third-order valence-electron chi connectivity index (χ3n) is 6.75. The van der Waals surface area contributed by atoms with E-state index in [1.807, 2.05) is 42.5 Å². The lowest BCUT2D eigenvalue weighted by Crippen LogP contribution is -2.53. The summed E-state index contributed by atoms with van der Waals surface area (Å²) in [7, 11) is 0. The Balaban J connectivity index is 1.25. The fourth-order valence-electron chi connectivity index (χ4n) is 6.01. The van der Waals surface area contributed by atoms with Gasteiger partial charge in [0.25, 0.3) is 0 Å². The molecule has 4 aliphatic carbocycles. The van der Waals surface area contributed by atoms with E-state index in [1.54, 1.807) is 6.07 Å². The molecule has 4 aliphatic rings. The summed E-state index contributed by atoms with van der Waals surface area (Å²) in [6, 6.07) is 17.4. The molecule has 28 heavy (non-hydrogen) atoms. The summed E-state index contributed by atoms with van der Waals surface area (Å²) in [4.78, 5) is 12.6. The molecule has 0 aliphatic heterocycles. The Morgan fingerprint density at radius 2 is 1.61 bits per heavy atom. The largest absolute Gasteiger partial charge is 0.443 e. The van der Waals surface area contributed by atoms with Gasteiger partial charge in [-0.3, -0.25) is 5.32 Å². The van der Waals surface area contributed by atoms with Crippen LogP contribution in [0.3, 0.4) is 0 Å². The second-order valence-electron chi connectivity index (χ2n) is 8.89. The summed E-state index contributed by atoms with van der Waals surface area (Å²) in [5, 5.41) is 12.0. The van der Waals surface area contributed by atoms with E-state index in [0.717, 1.165) is 53.8 Å². The van der Waals surface area contributed by atoms with E-state index in [0.29, 0.717) is 5.56 Å². The van der Waals surface area contributed by atoms with Crippen LogP contribution in [0.15, 0.2) is 48.5 Å². The number of anilines is 1. The maximum Gasteiger partial charge on any atom is 0.412 e. The van der Waals surface area contributed by atoms with E-state index < -0.39 is 0 Å². The Morgan fingerprint density at radius 1 is 0.964 bits per heavy atom. The number of nitrogens with zero attached hydrogens (tertiary/aromatic N) is 1. The zero-order valence-electron chi connectivity index (χ0n) is 15.9. The summed E-state index contributed by atoms with van der Waals surface area (Å²) in [5.74, 6) is 2.26. The first-order chi connectivity index (χ1) is 13.6. The highest BCUT2D eigenvalue weighted by Crippen LogP contribution is 2.57. The van der Waals surface area contributed by atoms with Crippen LogP contribution in [0.1, 0.15) is 44.1 Å². The van der Waals surface area contributed by atoms with Crippen LogP contribution in [0.25, 0.3) is 11.1 Å². The molecule has 0 unspecified atom stereocenters. The van der Waals surface area contributed by atoms with Gasteiger partial charge < -0.3 is 4.74 Å². The molecule has 0 radical (unpaired) electrons. The van der Waals surface area contributed by atoms with Crippen LogP contribution in [0.2, 0.25) is 0 Å². The van der Waals surface area contributed by atoms with E-state index in [-0.39, 0.29) is 11.7 Å². The van der Waals surface area contributed by atoms with Crippen LogP contribution in [-0.4, -0.2) is 11.7 Å². The van der Waals surface area contributed by atoms with Gasteiger partial charge in [-0.25, -0.2) is 4.79 Å². The molecule has 1 amide bonds. The van der Waals surface area contributed by atoms with Crippen molar-refractivity contribution in [2.45, 2.75) is 44.1 Å². The zero-order chi connectivity index (χ0) is 19.1. The van der Waals surface area contributed by atoms with Crippen molar-refractivity contribution in [3.63, 3.8) is 0 Å². The molecule has 142 valence electrons. The van der Waals surface area contributed by atoms with Gasteiger partial charge in [-0.1, -0.05) is 24.3 Å². The predicted molar refractivity (Wildman–Crippen MR) is 108 cm³/mol. The fraction of sp³-hybridized carbons (Fsp3) is 0.417. The average molecular weight is 372 g/mol. The summed E-state index contributed by atoms with van der Waals surface area (Å²) < 4.78 is 6.01. The molecule has 4 heteroatoms. The molecule has 4 saturated carbocycles. The van der Waals surface area contributed by atoms with Gasteiger partial charge in [0.2, 0.25) is 0 Å². The molecule has 4 bridgehead atoms. The number of benzene rings is 2. The monoisotopic (exact) mass is 372 g/mol. The lowest BCUT2D eigenvalue weighted by molar-refractivity contribution is -0.124. The Labute approximate surface area is 165 Å². The van der Waals surface area contributed by atoms with Gasteiger partial charge in [0.1, 0.15) is 5.60 Å². The molecule has 1 N–H and O–H groups in total. The third kappa shape index (κ3) is 3.26. The highest BCUT2D eigenvalue weighted by atomic mass is 16.6. The fourth-order valence-corrected chi connectivity index (χ4v) is 6.01. The molecule has 6 rings (SSSR count). The molecule has 2 aromatic rings. The van der Waals surface area contributed by atoms with Crippen LogP contribution < -0.4 is 5.32 Å². The lowest BCUT2D eigenvalue weighted by Gasteiger charge is -2.55. The number of carbonyl (C=O) groups is 1. The average Bonchev–Trinajstić information content (AvgIpc) is 2.67. The third-order valence-corrected chi connectivity index (χ3v) is 6.75. The predicted octanol–water partition coefficient (Wildman–Crippen LogP) is 5.74. The van der Waals surface area contributed by atoms with Crippen molar-refractivity contribution in [1.82, 2.24) is 0 Å². The Morgan fingerprint density at radius 3 is 2.21 bits per heavy atom. The second-order valence-corrected chi connectivity index (χ2v) is 8.89. The Bertz CT molecular complexity index is 907. The van der Waals surface area contributed by atoms with E-state index in [9.17, 15) is 4.79 Å². The first-order valence-electron chi connectivity index (χ1n) is 10.2. The highest BCUT2D eigenvalue weighted by molar-refractivity contribution is 5.85. The van der Waals surface area contributed by atoms with Crippen LogP contribution in [-0.2, 0) is 4.74 Å². The maximum absolute atomic E-state index is 12.6. The molecule has 4 fully saturated rings. The lowest BCUT2D eigenvalue weighted by atomic mass is 9.54. The number of nitrogens with one attached hydrogen (secondary N) is 1. The Kier molecular flexibility index (Phi) is 4.12. The van der Waals surface area contributed by atoms with Gasteiger partial charge in [0.05, 0.1) is 11.6 Å². The number of hydrogen-bond acceptors (Lipinski definition) is 3. The summed E-state index contributed by atoms with van der Waals surface area (Å²) in [6.45, 7) is 0. The van der Waals surface area contributed by atoms with E-state index in [1.165, 1.54) is 19.3 Å². The minimum absolute atomic E-state index is 0.226. The van der Waals surface area contributed by atoms with Crippen molar-refractivity contribution in [3.05, 3.63) is 54.1 Å².